The molecule has 3 nitrogen and oxygen atoms in total. The predicted octanol–water partition coefficient (Wildman–Crippen LogP) is 2.63. The molecule has 0 aliphatic carbocycles. The van der Waals surface area contributed by atoms with Crippen LogP contribution >= 0.6 is 23.0 Å². The second-order valence-corrected chi connectivity index (χ2v) is 2.94. The molecule has 0 aromatic heterocycles. The lowest BCUT2D eigenvalue weighted by molar-refractivity contribution is 0.101. The van der Waals surface area contributed by atoms with Gasteiger partial charge in [-0.2, -0.15) is 0 Å². The van der Waals surface area contributed by atoms with Crippen molar-refractivity contribution in [2.45, 2.75) is 6.92 Å². The molecule has 0 aliphatic rings. The van der Waals surface area contributed by atoms with Gasteiger partial charge in [-0.25, -0.2) is 0 Å². The fourth-order valence-corrected chi connectivity index (χ4v) is 1.31. The zero-order chi connectivity index (χ0) is 9.84. The number of carbonyl (C=O) groups is 1. The van der Waals surface area contributed by atoms with Crippen LogP contribution in [0.2, 0.25) is 0 Å². The van der Waals surface area contributed by atoms with Crippen molar-refractivity contribution in [3.8, 4) is 11.5 Å². The smallest absolute Gasteiger partial charge is 0.192 e. The summed E-state index contributed by atoms with van der Waals surface area (Å²) in [6, 6.07) is 5.08. The number of benzene rings is 1. The first-order chi connectivity index (χ1) is 6.19. The van der Waals surface area contributed by atoms with Crippen molar-refractivity contribution in [2.24, 2.45) is 0 Å². The van der Waals surface area contributed by atoms with Crippen LogP contribution in [0, 0.1) is 0 Å². The zero-order valence-electron chi connectivity index (χ0n) is 7.33. The predicted molar refractivity (Wildman–Crippen MR) is 57.6 cm³/mol. The standard InChI is InChI=1S/C9H9IO3/c1-6(11)7-3-4-8(13-10)9(5-7)12-2/h3-5H,1-2H3. The Morgan fingerprint density at radius 1 is 1.38 bits per heavy atom. The molecule has 0 N–H and O–H groups in total. The van der Waals surface area contributed by atoms with Crippen molar-refractivity contribution < 1.29 is 12.6 Å². The molecule has 13 heavy (non-hydrogen) atoms. The molecule has 0 atom stereocenters. The first kappa shape index (κ1) is 10.3. The highest BCUT2D eigenvalue weighted by molar-refractivity contribution is 14.1. The highest BCUT2D eigenvalue weighted by Gasteiger charge is 2.07. The molecular weight excluding hydrogens is 283 g/mol. The summed E-state index contributed by atoms with van der Waals surface area (Å²) < 4.78 is 10.0. The minimum atomic E-state index is 0.0123. The molecule has 4 heteroatoms. The Labute approximate surface area is 90.7 Å². The number of hydrogen-bond acceptors (Lipinski definition) is 3. The fraction of sp³-hybridized carbons (Fsp3) is 0.222. The van der Waals surface area contributed by atoms with E-state index in [1.54, 1.807) is 48.3 Å². The largest absolute Gasteiger partial charge is 0.493 e. The Morgan fingerprint density at radius 3 is 2.54 bits per heavy atom. The van der Waals surface area contributed by atoms with Crippen molar-refractivity contribution in [1.29, 1.82) is 0 Å². The highest BCUT2D eigenvalue weighted by atomic mass is 127. The van der Waals surface area contributed by atoms with Crippen LogP contribution in [0.5, 0.6) is 11.5 Å². The molecule has 0 spiro atoms. The van der Waals surface area contributed by atoms with Gasteiger partial charge < -0.3 is 7.80 Å². The van der Waals surface area contributed by atoms with Crippen molar-refractivity contribution in [2.75, 3.05) is 7.11 Å². The van der Waals surface area contributed by atoms with E-state index in [1.807, 2.05) is 0 Å². The van der Waals surface area contributed by atoms with E-state index in [4.69, 9.17) is 7.80 Å². The Hall–Kier alpha value is -0.780. The van der Waals surface area contributed by atoms with E-state index < -0.39 is 0 Å². The molecule has 0 fully saturated rings. The summed E-state index contributed by atoms with van der Waals surface area (Å²) >= 11 is 1.77. The summed E-state index contributed by atoms with van der Waals surface area (Å²) in [4.78, 5) is 11.0. The van der Waals surface area contributed by atoms with Gasteiger partial charge in [0.15, 0.2) is 40.3 Å². The monoisotopic (exact) mass is 292 g/mol. The van der Waals surface area contributed by atoms with Crippen LogP contribution in [0.4, 0.5) is 0 Å². The molecular formula is C9H9IO3. The quantitative estimate of drug-likeness (QED) is 0.634. The molecule has 0 aliphatic heterocycles. The Kier molecular flexibility index (Phi) is 3.53. The molecule has 0 radical (unpaired) electrons. The molecule has 0 amide bonds. The second kappa shape index (κ2) is 4.45. The third-order valence-corrected chi connectivity index (χ3v) is 2.13. The number of ether oxygens (including phenoxy) is 1. The fourth-order valence-electron chi connectivity index (χ4n) is 0.950. The lowest BCUT2D eigenvalue weighted by Crippen LogP contribution is -1.94. The third kappa shape index (κ3) is 2.33. The number of methoxy groups -OCH3 is 1. The van der Waals surface area contributed by atoms with Gasteiger partial charge in [0.2, 0.25) is 0 Å². The van der Waals surface area contributed by atoms with E-state index >= 15 is 0 Å². The molecule has 1 aromatic rings. The van der Waals surface area contributed by atoms with Crippen molar-refractivity contribution in [1.82, 2.24) is 0 Å². The number of ketones is 1. The van der Waals surface area contributed by atoms with Crippen LogP contribution < -0.4 is 7.80 Å². The van der Waals surface area contributed by atoms with Crippen LogP contribution in [0.3, 0.4) is 0 Å². The summed E-state index contributed by atoms with van der Waals surface area (Å²) in [6.07, 6.45) is 0. The van der Waals surface area contributed by atoms with Gasteiger partial charge in [0.25, 0.3) is 0 Å². The first-order valence-electron chi connectivity index (χ1n) is 3.66. The third-order valence-electron chi connectivity index (χ3n) is 1.65. The Balaban J connectivity index is 3.13. The lowest BCUT2D eigenvalue weighted by atomic mass is 10.1. The Morgan fingerprint density at radius 2 is 2.08 bits per heavy atom. The van der Waals surface area contributed by atoms with Gasteiger partial charge in [-0.1, -0.05) is 0 Å². The van der Waals surface area contributed by atoms with Crippen molar-refractivity contribution in [3.05, 3.63) is 23.8 Å². The SMILES string of the molecule is COc1cc(C(C)=O)ccc1OI. The van der Waals surface area contributed by atoms with Crippen LogP contribution in [0.15, 0.2) is 18.2 Å². The molecule has 0 unspecified atom stereocenters. The van der Waals surface area contributed by atoms with Crippen molar-refractivity contribution in [3.63, 3.8) is 0 Å². The maximum atomic E-state index is 11.0. The molecule has 1 aromatic carbocycles. The van der Waals surface area contributed by atoms with Gasteiger partial charge in [0.05, 0.1) is 7.11 Å². The van der Waals surface area contributed by atoms with E-state index in [1.165, 1.54) is 6.92 Å². The molecule has 0 bridgehead atoms. The number of carbonyl (C=O) groups excluding carboxylic acids is 1. The van der Waals surface area contributed by atoms with Gasteiger partial charge in [-0.3, -0.25) is 4.79 Å². The number of halogens is 1. The van der Waals surface area contributed by atoms with E-state index in [2.05, 4.69) is 0 Å². The van der Waals surface area contributed by atoms with Crippen LogP contribution in [0.25, 0.3) is 0 Å². The second-order valence-electron chi connectivity index (χ2n) is 2.50. The van der Waals surface area contributed by atoms with E-state index in [-0.39, 0.29) is 5.78 Å². The van der Waals surface area contributed by atoms with Gasteiger partial charge in [0.1, 0.15) is 0 Å². The van der Waals surface area contributed by atoms with Crippen LogP contribution in [-0.2, 0) is 0 Å². The molecule has 70 valence electrons. The zero-order valence-corrected chi connectivity index (χ0v) is 9.49. The van der Waals surface area contributed by atoms with E-state index in [9.17, 15) is 4.79 Å². The number of rotatable bonds is 3. The summed E-state index contributed by atoms with van der Waals surface area (Å²) in [6.45, 7) is 1.51. The molecule has 0 saturated carbocycles. The average Bonchev–Trinajstić information content (AvgIpc) is 2.16. The van der Waals surface area contributed by atoms with Crippen molar-refractivity contribution >= 4 is 28.8 Å². The van der Waals surface area contributed by atoms with Gasteiger partial charge in [0, 0.05) is 5.56 Å². The summed E-state index contributed by atoms with van der Waals surface area (Å²) in [5.74, 6) is 1.20. The summed E-state index contributed by atoms with van der Waals surface area (Å²) in [7, 11) is 1.54. The highest BCUT2D eigenvalue weighted by Crippen LogP contribution is 2.29. The summed E-state index contributed by atoms with van der Waals surface area (Å²) in [5, 5.41) is 0. The lowest BCUT2D eigenvalue weighted by Gasteiger charge is -2.06. The van der Waals surface area contributed by atoms with Gasteiger partial charge >= 0.3 is 0 Å². The Bertz CT molecular complexity index is 323. The molecule has 0 heterocycles. The maximum absolute atomic E-state index is 11.0. The minimum absolute atomic E-state index is 0.0123. The normalized spacial score (nSPS) is 9.46. The van der Waals surface area contributed by atoms with Crippen LogP contribution in [0.1, 0.15) is 17.3 Å². The number of hydrogen-bond donors (Lipinski definition) is 0. The van der Waals surface area contributed by atoms with Gasteiger partial charge in [-0.15, -0.1) is 0 Å². The maximum Gasteiger partial charge on any atom is 0.192 e. The van der Waals surface area contributed by atoms with E-state index in [0.29, 0.717) is 17.1 Å². The molecule has 1 rings (SSSR count). The number of Topliss-reactive ketones (excluding diaryl/α,β-unsaturated/α-hetero) is 1. The van der Waals surface area contributed by atoms with E-state index in [0.717, 1.165) is 0 Å². The molecule has 0 saturated heterocycles. The minimum Gasteiger partial charge on any atom is -0.493 e. The topological polar surface area (TPSA) is 35.5 Å². The van der Waals surface area contributed by atoms with Gasteiger partial charge in [-0.05, 0) is 25.1 Å². The first-order valence-corrected chi connectivity index (χ1v) is 4.54. The summed E-state index contributed by atoms with van der Waals surface area (Å²) in [5.41, 5.74) is 0.619. The van der Waals surface area contributed by atoms with Crippen LogP contribution in [-0.4, -0.2) is 12.9 Å². The average molecular weight is 292 g/mol.